The third-order valence-electron chi connectivity index (χ3n) is 5.23. The highest BCUT2D eigenvalue weighted by Gasteiger charge is 2.25. The highest BCUT2D eigenvalue weighted by molar-refractivity contribution is 7.18. The molecule has 0 bridgehead atoms. The average Bonchev–Trinajstić information content (AvgIpc) is 3.06. The van der Waals surface area contributed by atoms with E-state index < -0.39 is 6.04 Å². The molecule has 0 spiro atoms. The molecule has 2 atom stereocenters. The van der Waals surface area contributed by atoms with Crippen molar-refractivity contribution in [2.75, 3.05) is 0 Å². The normalized spacial score (nSPS) is 17.6. The Morgan fingerprint density at radius 2 is 2.18 bits per heavy atom. The number of aromatic nitrogens is 2. The molecular weight excluding hydrogens is 372 g/mol. The standard InChI is InChI=1S/C21H22N4O2S/c1-13-8-9-16-17(10-13)28-20-18(16)21(27)25(12-22-20)14(2)19(26)24-23-11-15-6-4-3-5-7-15/h3-7,11-14H,8-10H2,1-2H3,(H,24,26)/t13-,14-/m0/s1. The number of rotatable bonds is 4. The molecular formula is C21H22N4O2S. The number of nitrogens with one attached hydrogen (secondary N) is 1. The predicted octanol–water partition coefficient (Wildman–Crippen LogP) is 3.29. The predicted molar refractivity (Wildman–Crippen MR) is 112 cm³/mol. The molecule has 2 heterocycles. The van der Waals surface area contributed by atoms with Gasteiger partial charge in [0.2, 0.25) is 0 Å². The molecule has 1 amide bonds. The van der Waals surface area contributed by atoms with Crippen molar-refractivity contribution < 1.29 is 4.79 Å². The van der Waals surface area contributed by atoms with Crippen LogP contribution in [0.3, 0.4) is 0 Å². The lowest BCUT2D eigenvalue weighted by molar-refractivity contribution is -0.123. The molecule has 1 aromatic carbocycles. The smallest absolute Gasteiger partial charge is 0.263 e. The van der Waals surface area contributed by atoms with Gasteiger partial charge in [-0.2, -0.15) is 5.10 Å². The zero-order chi connectivity index (χ0) is 19.7. The zero-order valence-corrected chi connectivity index (χ0v) is 16.7. The van der Waals surface area contributed by atoms with Crippen molar-refractivity contribution in [3.8, 4) is 0 Å². The van der Waals surface area contributed by atoms with Gasteiger partial charge >= 0.3 is 0 Å². The van der Waals surface area contributed by atoms with E-state index in [1.807, 2.05) is 30.3 Å². The molecule has 0 unspecified atom stereocenters. The van der Waals surface area contributed by atoms with Crippen LogP contribution in [-0.4, -0.2) is 21.7 Å². The van der Waals surface area contributed by atoms with Crippen molar-refractivity contribution in [2.24, 2.45) is 11.0 Å². The summed E-state index contributed by atoms with van der Waals surface area (Å²) >= 11 is 1.61. The van der Waals surface area contributed by atoms with Crippen molar-refractivity contribution in [1.82, 2.24) is 15.0 Å². The number of hydrazone groups is 1. The summed E-state index contributed by atoms with van der Waals surface area (Å²) in [6.07, 6.45) is 6.03. The van der Waals surface area contributed by atoms with Crippen LogP contribution in [0, 0.1) is 5.92 Å². The van der Waals surface area contributed by atoms with Crippen molar-refractivity contribution in [2.45, 2.75) is 39.2 Å². The Hall–Kier alpha value is -2.80. The molecule has 0 aliphatic heterocycles. The van der Waals surface area contributed by atoms with Crippen LogP contribution < -0.4 is 11.0 Å². The minimum absolute atomic E-state index is 0.147. The monoisotopic (exact) mass is 394 g/mol. The molecule has 0 radical (unpaired) electrons. The van der Waals surface area contributed by atoms with E-state index >= 15 is 0 Å². The third kappa shape index (κ3) is 3.49. The van der Waals surface area contributed by atoms with Gasteiger partial charge in [-0.05, 0) is 43.2 Å². The van der Waals surface area contributed by atoms with Crippen LogP contribution in [0.5, 0.6) is 0 Å². The molecule has 28 heavy (non-hydrogen) atoms. The number of carbonyl (C=O) groups excluding carboxylic acids is 1. The molecule has 7 heteroatoms. The fourth-order valence-corrected chi connectivity index (χ4v) is 4.89. The molecule has 6 nitrogen and oxygen atoms in total. The fourth-order valence-electron chi connectivity index (χ4n) is 3.55. The second-order valence-corrected chi connectivity index (χ2v) is 8.39. The van der Waals surface area contributed by atoms with Crippen molar-refractivity contribution >= 4 is 33.7 Å². The zero-order valence-electron chi connectivity index (χ0n) is 15.9. The summed E-state index contributed by atoms with van der Waals surface area (Å²) < 4.78 is 1.40. The molecule has 1 N–H and O–H groups in total. The largest absolute Gasteiger partial charge is 0.286 e. The van der Waals surface area contributed by atoms with Gasteiger partial charge in [0, 0.05) is 4.88 Å². The number of carbonyl (C=O) groups is 1. The average molecular weight is 395 g/mol. The number of hydrogen-bond donors (Lipinski definition) is 1. The summed E-state index contributed by atoms with van der Waals surface area (Å²) in [4.78, 5) is 32.1. The molecule has 3 aromatic rings. The quantitative estimate of drug-likeness (QED) is 0.545. The van der Waals surface area contributed by atoms with E-state index in [1.165, 1.54) is 15.8 Å². The Morgan fingerprint density at radius 3 is 2.96 bits per heavy atom. The first kappa shape index (κ1) is 18.6. The number of hydrogen-bond acceptors (Lipinski definition) is 5. The molecule has 0 saturated carbocycles. The lowest BCUT2D eigenvalue weighted by atomic mass is 9.89. The van der Waals surface area contributed by atoms with Crippen LogP contribution in [0.1, 0.15) is 42.3 Å². The van der Waals surface area contributed by atoms with Crippen LogP contribution in [0.2, 0.25) is 0 Å². The summed E-state index contributed by atoms with van der Waals surface area (Å²) in [5.74, 6) is 0.281. The molecule has 144 valence electrons. The minimum atomic E-state index is -0.699. The van der Waals surface area contributed by atoms with Crippen LogP contribution in [0.15, 0.2) is 46.6 Å². The van der Waals surface area contributed by atoms with E-state index in [2.05, 4.69) is 22.4 Å². The van der Waals surface area contributed by atoms with E-state index in [0.717, 1.165) is 35.2 Å². The van der Waals surface area contributed by atoms with E-state index in [4.69, 9.17) is 0 Å². The van der Waals surface area contributed by atoms with Gasteiger partial charge in [-0.25, -0.2) is 10.4 Å². The first-order valence-corrected chi connectivity index (χ1v) is 10.3. The van der Waals surface area contributed by atoms with Gasteiger partial charge in [0.05, 0.1) is 17.9 Å². The topological polar surface area (TPSA) is 76.3 Å². The number of thiophene rings is 1. The SMILES string of the molecule is C[C@H]1CCc2c(sc3ncn([C@@H](C)C(=O)NN=Cc4ccccc4)c(=O)c23)C1. The molecule has 1 aliphatic carbocycles. The van der Waals surface area contributed by atoms with Gasteiger partial charge in [-0.1, -0.05) is 37.3 Å². The second kappa shape index (κ2) is 7.67. The van der Waals surface area contributed by atoms with Gasteiger partial charge in [-0.3, -0.25) is 14.2 Å². The van der Waals surface area contributed by atoms with Crippen molar-refractivity contribution in [3.63, 3.8) is 0 Å². The summed E-state index contributed by atoms with van der Waals surface area (Å²) in [6.45, 7) is 3.92. The fraction of sp³-hybridized carbons (Fsp3) is 0.333. The lowest BCUT2D eigenvalue weighted by Gasteiger charge is -2.18. The number of fused-ring (bicyclic) bond motifs is 3. The van der Waals surface area contributed by atoms with E-state index in [0.29, 0.717) is 11.3 Å². The molecule has 2 aromatic heterocycles. The Labute approximate surface area is 166 Å². The van der Waals surface area contributed by atoms with Crippen LogP contribution in [0.4, 0.5) is 0 Å². The third-order valence-corrected chi connectivity index (χ3v) is 6.39. The van der Waals surface area contributed by atoms with E-state index in [9.17, 15) is 9.59 Å². The lowest BCUT2D eigenvalue weighted by Crippen LogP contribution is -2.34. The number of aryl methyl sites for hydroxylation is 1. The summed E-state index contributed by atoms with van der Waals surface area (Å²) in [7, 11) is 0. The highest BCUT2D eigenvalue weighted by Crippen LogP contribution is 2.35. The Kier molecular flexibility index (Phi) is 5.09. The Balaban J connectivity index is 1.58. The van der Waals surface area contributed by atoms with Gasteiger partial charge in [0.1, 0.15) is 10.9 Å². The highest BCUT2D eigenvalue weighted by atomic mass is 32.1. The maximum absolute atomic E-state index is 13.1. The Bertz CT molecular complexity index is 1100. The molecule has 1 aliphatic rings. The van der Waals surface area contributed by atoms with Crippen molar-refractivity contribution in [3.05, 3.63) is 63.0 Å². The van der Waals surface area contributed by atoms with Gasteiger partial charge < -0.3 is 0 Å². The molecule has 4 rings (SSSR count). The van der Waals surface area contributed by atoms with Crippen LogP contribution >= 0.6 is 11.3 Å². The van der Waals surface area contributed by atoms with Gasteiger partial charge in [0.25, 0.3) is 11.5 Å². The second-order valence-electron chi connectivity index (χ2n) is 7.31. The van der Waals surface area contributed by atoms with Crippen LogP contribution in [0.25, 0.3) is 10.2 Å². The first-order chi connectivity index (χ1) is 13.5. The van der Waals surface area contributed by atoms with E-state index in [-0.39, 0.29) is 11.5 Å². The summed E-state index contributed by atoms with van der Waals surface area (Å²) in [6, 6.07) is 8.79. The molecule has 0 fully saturated rings. The number of amides is 1. The maximum Gasteiger partial charge on any atom is 0.263 e. The van der Waals surface area contributed by atoms with Crippen molar-refractivity contribution in [1.29, 1.82) is 0 Å². The number of benzene rings is 1. The van der Waals surface area contributed by atoms with Gasteiger partial charge in [0.15, 0.2) is 0 Å². The summed E-state index contributed by atoms with van der Waals surface area (Å²) in [5, 5.41) is 4.67. The van der Waals surface area contributed by atoms with E-state index in [1.54, 1.807) is 24.5 Å². The molecule has 0 saturated heterocycles. The first-order valence-electron chi connectivity index (χ1n) is 9.44. The summed E-state index contributed by atoms with van der Waals surface area (Å²) in [5.41, 5.74) is 4.37. The Morgan fingerprint density at radius 1 is 1.39 bits per heavy atom. The maximum atomic E-state index is 13.1. The van der Waals surface area contributed by atoms with Gasteiger partial charge in [-0.15, -0.1) is 11.3 Å². The number of nitrogens with zero attached hydrogens (tertiary/aromatic N) is 3. The minimum Gasteiger partial charge on any atom is -0.286 e. The van der Waals surface area contributed by atoms with Crippen LogP contribution in [-0.2, 0) is 17.6 Å².